The van der Waals surface area contributed by atoms with Crippen LogP contribution in [0.25, 0.3) is 5.76 Å². The Hall–Kier alpha value is -3.97. The Bertz CT molecular complexity index is 1360. The van der Waals surface area contributed by atoms with Crippen LogP contribution in [0.4, 0.5) is 5.69 Å². The number of Topliss-reactive ketones (excluding diaryl/α,β-unsaturated/α-hetero) is 1. The Balaban J connectivity index is 1.98. The number of amides is 1. The zero-order valence-electron chi connectivity index (χ0n) is 19.6. The molecule has 1 atom stereocenters. The lowest BCUT2D eigenvalue weighted by atomic mass is 9.94. The summed E-state index contributed by atoms with van der Waals surface area (Å²) in [5.41, 5.74) is 2.94. The number of benzene rings is 3. The molecule has 0 spiro atoms. The Kier molecular flexibility index (Phi) is 6.45. The topological polar surface area (TPSA) is 96.3 Å². The first kappa shape index (κ1) is 24.2. The van der Waals surface area contributed by atoms with Crippen LogP contribution in [0.15, 0.2) is 60.2 Å². The van der Waals surface area contributed by atoms with Crippen molar-refractivity contribution in [3.8, 4) is 17.2 Å². The van der Waals surface area contributed by atoms with Crippen molar-refractivity contribution in [2.45, 2.75) is 19.9 Å². The highest BCUT2D eigenvalue weighted by molar-refractivity contribution is 6.51. The number of rotatable bonds is 5. The molecule has 1 amide bonds. The van der Waals surface area contributed by atoms with Gasteiger partial charge in [-0.1, -0.05) is 23.7 Å². The fourth-order valence-corrected chi connectivity index (χ4v) is 4.53. The maximum atomic E-state index is 13.3. The fraction of sp³-hybridized carbons (Fsp3) is 0.185. The maximum Gasteiger partial charge on any atom is 0.300 e. The standard InChI is InChI=1S/C27H24ClNO6/c1-14-9-15(2)11-18(10-14)29-24(16-5-7-20(30)19(28)12-16)23(26(32)27(29)33)25(31)17-6-8-21(34-3)22(13-17)35-4/h5-13,24,30-31H,1-4H3/b25-23-. The zero-order chi connectivity index (χ0) is 25.4. The van der Waals surface area contributed by atoms with Gasteiger partial charge >= 0.3 is 0 Å². The molecule has 0 bridgehead atoms. The molecule has 1 saturated heterocycles. The second-order valence-corrected chi connectivity index (χ2v) is 8.70. The molecule has 8 heteroatoms. The van der Waals surface area contributed by atoms with Crippen LogP contribution in [-0.2, 0) is 9.59 Å². The molecule has 1 fully saturated rings. The number of halogens is 1. The van der Waals surface area contributed by atoms with Crippen LogP contribution in [0.3, 0.4) is 0 Å². The lowest BCUT2D eigenvalue weighted by Crippen LogP contribution is -2.29. The highest BCUT2D eigenvalue weighted by atomic mass is 35.5. The number of ketones is 1. The summed E-state index contributed by atoms with van der Waals surface area (Å²) in [6.07, 6.45) is 0. The van der Waals surface area contributed by atoms with E-state index in [1.54, 1.807) is 30.3 Å². The van der Waals surface area contributed by atoms with Gasteiger partial charge in [0.2, 0.25) is 0 Å². The number of methoxy groups -OCH3 is 2. The van der Waals surface area contributed by atoms with Crippen molar-refractivity contribution in [2.24, 2.45) is 0 Å². The van der Waals surface area contributed by atoms with E-state index in [1.165, 1.54) is 37.3 Å². The molecule has 0 saturated carbocycles. The molecule has 7 nitrogen and oxygen atoms in total. The molecule has 2 N–H and O–H groups in total. The molecule has 1 heterocycles. The van der Waals surface area contributed by atoms with Crippen molar-refractivity contribution in [3.05, 3.63) is 87.4 Å². The summed E-state index contributed by atoms with van der Waals surface area (Å²) in [5, 5.41) is 21.3. The van der Waals surface area contributed by atoms with Crippen molar-refractivity contribution in [2.75, 3.05) is 19.1 Å². The summed E-state index contributed by atoms with van der Waals surface area (Å²) >= 11 is 6.18. The second-order valence-electron chi connectivity index (χ2n) is 8.30. The van der Waals surface area contributed by atoms with Crippen LogP contribution in [0.2, 0.25) is 5.02 Å². The van der Waals surface area contributed by atoms with E-state index in [-0.39, 0.29) is 27.7 Å². The molecule has 35 heavy (non-hydrogen) atoms. The molecule has 1 aliphatic rings. The van der Waals surface area contributed by atoms with Crippen molar-refractivity contribution < 1.29 is 29.3 Å². The molecule has 180 valence electrons. The van der Waals surface area contributed by atoms with Crippen LogP contribution in [0, 0.1) is 13.8 Å². The number of aryl methyl sites for hydroxylation is 2. The van der Waals surface area contributed by atoms with E-state index in [0.717, 1.165) is 11.1 Å². The minimum atomic E-state index is -0.984. The summed E-state index contributed by atoms with van der Waals surface area (Å²) in [7, 11) is 2.94. The lowest BCUT2D eigenvalue weighted by molar-refractivity contribution is -0.132. The van der Waals surface area contributed by atoms with Crippen molar-refractivity contribution in [1.82, 2.24) is 0 Å². The van der Waals surface area contributed by atoms with E-state index in [1.807, 2.05) is 19.9 Å². The van der Waals surface area contributed by atoms with E-state index in [2.05, 4.69) is 0 Å². The van der Waals surface area contributed by atoms with E-state index in [4.69, 9.17) is 21.1 Å². The van der Waals surface area contributed by atoms with Gasteiger partial charge in [0, 0.05) is 11.3 Å². The van der Waals surface area contributed by atoms with Crippen molar-refractivity contribution >= 4 is 34.7 Å². The Morgan fingerprint density at radius 1 is 0.914 bits per heavy atom. The largest absolute Gasteiger partial charge is 0.507 e. The summed E-state index contributed by atoms with van der Waals surface area (Å²) < 4.78 is 10.6. The first-order valence-electron chi connectivity index (χ1n) is 10.8. The number of hydrogen-bond donors (Lipinski definition) is 2. The minimum Gasteiger partial charge on any atom is -0.507 e. The Labute approximate surface area is 207 Å². The normalized spacial score (nSPS) is 17.1. The molecular weight excluding hydrogens is 470 g/mol. The van der Waals surface area contributed by atoms with Crippen LogP contribution in [0.5, 0.6) is 17.2 Å². The quantitative estimate of drug-likeness (QED) is 0.284. The smallest absolute Gasteiger partial charge is 0.300 e. The molecule has 3 aromatic carbocycles. The van der Waals surface area contributed by atoms with E-state index >= 15 is 0 Å². The number of aliphatic hydroxyl groups is 1. The average Bonchev–Trinajstić information content (AvgIpc) is 3.09. The van der Waals surface area contributed by atoms with Gasteiger partial charge in [0.25, 0.3) is 11.7 Å². The third-order valence-corrected chi connectivity index (χ3v) is 6.18. The first-order chi connectivity index (χ1) is 16.7. The number of carbonyl (C=O) groups is 2. The molecule has 0 aromatic heterocycles. The van der Waals surface area contributed by atoms with Gasteiger partial charge in [0.05, 0.1) is 30.9 Å². The van der Waals surface area contributed by atoms with E-state index in [9.17, 15) is 19.8 Å². The number of phenols is 1. The number of anilines is 1. The predicted molar refractivity (Wildman–Crippen MR) is 133 cm³/mol. The van der Waals surface area contributed by atoms with Crippen LogP contribution in [-0.4, -0.2) is 36.1 Å². The predicted octanol–water partition coefficient (Wildman–Crippen LogP) is 5.31. The number of aromatic hydroxyl groups is 1. The van der Waals surface area contributed by atoms with Gasteiger partial charge < -0.3 is 19.7 Å². The Morgan fingerprint density at radius 2 is 1.57 bits per heavy atom. The number of hydrogen-bond acceptors (Lipinski definition) is 6. The summed E-state index contributed by atoms with van der Waals surface area (Å²) in [6, 6.07) is 13.7. The van der Waals surface area contributed by atoms with Crippen LogP contribution in [0.1, 0.15) is 28.3 Å². The molecule has 4 rings (SSSR count). The number of aliphatic hydroxyl groups excluding tert-OH is 1. The van der Waals surface area contributed by atoms with Crippen molar-refractivity contribution in [1.29, 1.82) is 0 Å². The number of phenolic OH excluding ortho intramolecular Hbond substituents is 1. The molecule has 0 aliphatic carbocycles. The number of carbonyl (C=O) groups excluding carboxylic acids is 2. The van der Waals surface area contributed by atoms with Gasteiger partial charge in [0.15, 0.2) is 11.5 Å². The molecule has 0 radical (unpaired) electrons. The molecule has 3 aromatic rings. The maximum absolute atomic E-state index is 13.3. The summed E-state index contributed by atoms with van der Waals surface area (Å²) in [4.78, 5) is 28.0. The van der Waals surface area contributed by atoms with Crippen molar-refractivity contribution in [3.63, 3.8) is 0 Å². The highest BCUT2D eigenvalue weighted by Gasteiger charge is 2.47. The van der Waals surface area contributed by atoms with Gasteiger partial charge in [0.1, 0.15) is 11.5 Å². The zero-order valence-corrected chi connectivity index (χ0v) is 20.4. The fourth-order valence-electron chi connectivity index (χ4n) is 4.34. The first-order valence-corrected chi connectivity index (χ1v) is 11.1. The SMILES string of the molecule is COc1ccc(/C(O)=C2/C(=O)C(=O)N(c3cc(C)cc(C)c3)C2c2ccc(O)c(Cl)c2)cc1OC. The second kappa shape index (κ2) is 9.35. The monoisotopic (exact) mass is 493 g/mol. The summed E-state index contributed by atoms with van der Waals surface area (Å²) in [5.74, 6) is -1.34. The third-order valence-electron chi connectivity index (χ3n) is 5.87. The van der Waals surface area contributed by atoms with Gasteiger partial charge in [-0.25, -0.2) is 0 Å². The van der Waals surface area contributed by atoms with Gasteiger partial charge in [-0.05, 0) is 73.0 Å². The molecule has 1 aliphatic heterocycles. The average molecular weight is 494 g/mol. The van der Waals surface area contributed by atoms with E-state index < -0.39 is 17.7 Å². The third kappa shape index (κ3) is 4.31. The number of nitrogens with zero attached hydrogens (tertiary/aromatic N) is 1. The van der Waals surface area contributed by atoms with Gasteiger partial charge in [-0.3, -0.25) is 14.5 Å². The van der Waals surface area contributed by atoms with Gasteiger partial charge in [-0.15, -0.1) is 0 Å². The minimum absolute atomic E-state index is 0.0552. The highest BCUT2D eigenvalue weighted by Crippen LogP contribution is 2.44. The summed E-state index contributed by atoms with van der Waals surface area (Å²) in [6.45, 7) is 3.78. The Morgan fingerprint density at radius 3 is 2.17 bits per heavy atom. The number of ether oxygens (including phenoxy) is 2. The van der Waals surface area contributed by atoms with Crippen LogP contribution >= 0.6 is 11.6 Å². The van der Waals surface area contributed by atoms with E-state index in [0.29, 0.717) is 22.7 Å². The molecular formula is C27H24ClNO6. The van der Waals surface area contributed by atoms with Crippen LogP contribution < -0.4 is 14.4 Å². The van der Waals surface area contributed by atoms with Gasteiger partial charge in [-0.2, -0.15) is 0 Å². The lowest BCUT2D eigenvalue weighted by Gasteiger charge is -2.26. The molecule has 1 unspecified atom stereocenters.